The van der Waals surface area contributed by atoms with Crippen LogP contribution < -0.4 is 5.43 Å². The van der Waals surface area contributed by atoms with E-state index in [0.29, 0.717) is 25.3 Å². The van der Waals surface area contributed by atoms with Crippen LogP contribution in [-0.4, -0.2) is 26.7 Å². The highest BCUT2D eigenvalue weighted by atomic mass is 79.9. The molecule has 0 amide bonds. The topological polar surface area (TPSA) is 118 Å². The largest absolute Gasteiger partial charge is 0.477 e. The van der Waals surface area contributed by atoms with Crippen LogP contribution in [-0.2, 0) is 11.2 Å². The second-order valence-electron chi connectivity index (χ2n) is 5.85. The zero-order valence-electron chi connectivity index (χ0n) is 14.8. The minimum Gasteiger partial charge on any atom is -0.477 e. The highest BCUT2D eigenvalue weighted by molar-refractivity contribution is 9.10. The monoisotopic (exact) mass is 528 g/mol. The van der Waals surface area contributed by atoms with Crippen molar-refractivity contribution < 1.29 is 14.8 Å². The Hall–Kier alpha value is -2.53. The summed E-state index contributed by atoms with van der Waals surface area (Å²) in [7, 11) is 0. The fourth-order valence-electron chi connectivity index (χ4n) is 2.43. The van der Waals surface area contributed by atoms with Crippen molar-refractivity contribution in [3.05, 3.63) is 72.0 Å². The van der Waals surface area contributed by atoms with Gasteiger partial charge in [-0.15, -0.1) is 11.3 Å². The van der Waals surface area contributed by atoms with Crippen molar-refractivity contribution >= 4 is 73.0 Å². The second kappa shape index (κ2) is 9.52. The second-order valence-corrected chi connectivity index (χ2v) is 8.44. The Morgan fingerprint density at radius 2 is 2.03 bits per heavy atom. The molecule has 0 atom stereocenters. The van der Waals surface area contributed by atoms with Crippen LogP contribution in [0.2, 0.25) is 10.0 Å². The van der Waals surface area contributed by atoms with E-state index in [0.717, 1.165) is 5.56 Å². The van der Waals surface area contributed by atoms with Crippen molar-refractivity contribution in [2.75, 3.05) is 5.43 Å². The molecule has 12 heteroatoms. The summed E-state index contributed by atoms with van der Waals surface area (Å²) in [6.07, 6.45) is -0.239. The van der Waals surface area contributed by atoms with Crippen molar-refractivity contribution in [1.29, 1.82) is 0 Å². The molecule has 0 aliphatic carbocycles. The summed E-state index contributed by atoms with van der Waals surface area (Å²) in [6.45, 7) is 0. The van der Waals surface area contributed by atoms with Crippen LogP contribution in [0.5, 0.6) is 0 Å². The molecule has 0 bridgehead atoms. The summed E-state index contributed by atoms with van der Waals surface area (Å²) >= 11 is 16.3. The van der Waals surface area contributed by atoms with Crippen LogP contribution >= 0.6 is 50.5 Å². The number of nitrogens with zero attached hydrogens (tertiary/aromatic N) is 3. The molecule has 0 spiro atoms. The predicted octanol–water partition coefficient (Wildman–Crippen LogP) is 5.88. The molecule has 2 aromatic carbocycles. The number of thiazole rings is 1. The first kappa shape index (κ1) is 22.2. The van der Waals surface area contributed by atoms with Crippen molar-refractivity contribution in [2.24, 2.45) is 5.10 Å². The average Bonchev–Trinajstić information content (AvgIpc) is 3.16. The number of nitro benzene ring substituents is 1. The molecular formula is C18H11BrCl2N4O4S. The minimum absolute atomic E-state index is 0.200. The lowest BCUT2D eigenvalue weighted by Gasteiger charge is -2.04. The third-order valence-electron chi connectivity index (χ3n) is 3.85. The molecular weight excluding hydrogens is 519 g/mol. The van der Waals surface area contributed by atoms with E-state index in [4.69, 9.17) is 23.2 Å². The molecule has 1 aromatic heterocycles. The van der Waals surface area contributed by atoms with E-state index in [1.54, 1.807) is 29.6 Å². The molecule has 0 aliphatic rings. The molecule has 8 nitrogen and oxygen atoms in total. The van der Waals surface area contributed by atoms with Gasteiger partial charge < -0.3 is 5.11 Å². The van der Waals surface area contributed by atoms with Gasteiger partial charge in [0.05, 0.1) is 20.7 Å². The molecule has 0 fully saturated rings. The molecule has 0 radical (unpaired) electrons. The van der Waals surface area contributed by atoms with E-state index in [-0.39, 0.29) is 23.4 Å². The van der Waals surface area contributed by atoms with Gasteiger partial charge in [-0.3, -0.25) is 15.5 Å². The zero-order valence-corrected chi connectivity index (χ0v) is 18.7. The number of aliphatic carboxylic acids is 1. The number of carboxylic acid groups (broad SMARTS) is 1. The van der Waals surface area contributed by atoms with Crippen LogP contribution in [0.4, 0.5) is 10.8 Å². The predicted molar refractivity (Wildman–Crippen MR) is 121 cm³/mol. The first-order valence-electron chi connectivity index (χ1n) is 8.14. The van der Waals surface area contributed by atoms with Crippen LogP contribution in [0.3, 0.4) is 0 Å². The highest BCUT2D eigenvalue weighted by Gasteiger charge is 2.20. The fourth-order valence-corrected chi connectivity index (χ4v) is 3.74. The van der Waals surface area contributed by atoms with Gasteiger partial charge in [-0.25, -0.2) is 9.78 Å². The van der Waals surface area contributed by atoms with Gasteiger partial charge in [0, 0.05) is 33.5 Å². The summed E-state index contributed by atoms with van der Waals surface area (Å²) in [5, 5.41) is 27.5. The Morgan fingerprint density at radius 3 is 2.70 bits per heavy atom. The lowest BCUT2D eigenvalue weighted by molar-refractivity contribution is -0.385. The number of carboxylic acids is 1. The van der Waals surface area contributed by atoms with Gasteiger partial charge in [-0.1, -0.05) is 51.3 Å². The first-order valence-corrected chi connectivity index (χ1v) is 10.6. The normalized spacial score (nSPS) is 11.4. The Morgan fingerprint density at radius 1 is 1.27 bits per heavy atom. The molecule has 2 N–H and O–H groups in total. The lowest BCUT2D eigenvalue weighted by Crippen LogP contribution is -2.18. The number of hydrogen-bond acceptors (Lipinski definition) is 7. The number of nitro groups is 1. The van der Waals surface area contributed by atoms with Gasteiger partial charge in [0.2, 0.25) is 5.13 Å². The number of anilines is 1. The summed E-state index contributed by atoms with van der Waals surface area (Å²) in [5.41, 5.74) is 3.67. The lowest BCUT2D eigenvalue weighted by atomic mass is 10.1. The van der Waals surface area contributed by atoms with Gasteiger partial charge in [-0.05, 0) is 18.2 Å². The summed E-state index contributed by atoms with van der Waals surface area (Å²) in [6, 6.07) is 9.46. The van der Waals surface area contributed by atoms with Crippen LogP contribution in [0, 0.1) is 10.1 Å². The average molecular weight is 530 g/mol. The first-order chi connectivity index (χ1) is 14.2. The number of benzene rings is 2. The standard InChI is InChI=1S/C18H11BrCl2N4O4S/c19-11-3-1-10(16(7-11)25(28)29)6-14(17(26)27)23-24-18-22-15(8-30-18)9-2-4-12(20)13(21)5-9/h1-5,7-8H,6H2,(H,22,24)(H,26,27)/b23-14-. The van der Waals surface area contributed by atoms with Crippen LogP contribution in [0.1, 0.15) is 5.56 Å². The molecule has 154 valence electrons. The molecule has 0 saturated heterocycles. The Labute approximate surface area is 192 Å². The maximum atomic E-state index is 11.6. The number of hydrazone groups is 1. The summed E-state index contributed by atoms with van der Waals surface area (Å²) in [5.74, 6) is -1.30. The molecule has 3 rings (SSSR count). The molecule has 0 aliphatic heterocycles. The number of halogens is 3. The molecule has 0 saturated carbocycles. The highest BCUT2D eigenvalue weighted by Crippen LogP contribution is 2.30. The minimum atomic E-state index is -1.30. The van der Waals surface area contributed by atoms with E-state index in [9.17, 15) is 20.0 Å². The van der Waals surface area contributed by atoms with E-state index in [2.05, 4.69) is 31.4 Å². The Kier molecular flexibility index (Phi) is 7.03. The van der Waals surface area contributed by atoms with Crippen molar-refractivity contribution in [1.82, 2.24) is 4.98 Å². The number of hydrogen-bond donors (Lipinski definition) is 2. The number of nitrogens with one attached hydrogen (secondary N) is 1. The smallest absolute Gasteiger partial charge is 0.352 e. The quantitative estimate of drug-likeness (QED) is 0.224. The maximum absolute atomic E-state index is 11.6. The van der Waals surface area contributed by atoms with E-state index >= 15 is 0 Å². The third-order valence-corrected chi connectivity index (χ3v) is 5.83. The van der Waals surface area contributed by atoms with E-state index < -0.39 is 10.9 Å². The van der Waals surface area contributed by atoms with Crippen molar-refractivity contribution in [2.45, 2.75) is 6.42 Å². The number of aromatic nitrogens is 1. The van der Waals surface area contributed by atoms with E-state index in [1.165, 1.54) is 23.5 Å². The maximum Gasteiger partial charge on any atom is 0.352 e. The van der Waals surface area contributed by atoms with Gasteiger partial charge in [0.15, 0.2) is 0 Å². The third kappa shape index (κ3) is 5.33. The molecule has 3 aromatic rings. The zero-order chi connectivity index (χ0) is 21.8. The number of carbonyl (C=O) groups is 1. The number of rotatable bonds is 7. The fraction of sp³-hybridized carbons (Fsp3) is 0.0556. The molecule has 30 heavy (non-hydrogen) atoms. The SMILES string of the molecule is O=C(O)/C(Cc1ccc(Br)cc1[N+](=O)[O-])=N\Nc1nc(-c2ccc(Cl)c(Cl)c2)cs1. The molecule has 1 heterocycles. The van der Waals surface area contributed by atoms with Gasteiger partial charge >= 0.3 is 5.97 Å². The van der Waals surface area contributed by atoms with Gasteiger partial charge in [0.25, 0.3) is 5.69 Å². The summed E-state index contributed by atoms with van der Waals surface area (Å²) < 4.78 is 0.516. The van der Waals surface area contributed by atoms with Gasteiger partial charge in [-0.2, -0.15) is 5.10 Å². The molecule has 0 unspecified atom stereocenters. The van der Waals surface area contributed by atoms with Gasteiger partial charge in [0.1, 0.15) is 5.71 Å². The van der Waals surface area contributed by atoms with Crippen LogP contribution in [0.15, 0.2) is 51.4 Å². The van der Waals surface area contributed by atoms with Crippen molar-refractivity contribution in [3.8, 4) is 11.3 Å². The Balaban J connectivity index is 1.81. The van der Waals surface area contributed by atoms with Crippen LogP contribution in [0.25, 0.3) is 11.3 Å². The van der Waals surface area contributed by atoms with Crippen molar-refractivity contribution in [3.63, 3.8) is 0 Å². The van der Waals surface area contributed by atoms with E-state index in [1.807, 2.05) is 0 Å². The summed E-state index contributed by atoms with van der Waals surface area (Å²) in [4.78, 5) is 26.6. The Bertz CT molecular complexity index is 1170.